The van der Waals surface area contributed by atoms with E-state index in [1.807, 2.05) is 24.6 Å². The number of aromatic nitrogens is 1. The van der Waals surface area contributed by atoms with Crippen molar-refractivity contribution in [2.75, 3.05) is 13.6 Å². The van der Waals surface area contributed by atoms with E-state index in [9.17, 15) is 13.2 Å². The second-order valence-electron chi connectivity index (χ2n) is 4.50. The molecule has 2 rings (SSSR count). The second kappa shape index (κ2) is 5.25. The lowest BCUT2D eigenvalue weighted by Gasteiger charge is -2.10. The summed E-state index contributed by atoms with van der Waals surface area (Å²) in [5, 5.41) is 3.92. The molecule has 0 radical (unpaired) electrons. The summed E-state index contributed by atoms with van der Waals surface area (Å²) < 4.78 is 40.2. The highest BCUT2D eigenvalue weighted by Crippen LogP contribution is 2.32. The van der Waals surface area contributed by atoms with Gasteiger partial charge in [-0.25, -0.2) is 0 Å². The quantitative estimate of drug-likeness (QED) is 0.900. The molecule has 2 aromatic rings. The molecule has 0 fully saturated rings. The molecule has 1 aromatic carbocycles. The van der Waals surface area contributed by atoms with Gasteiger partial charge in [-0.05, 0) is 37.6 Å². The predicted octanol–water partition coefficient (Wildman–Crippen LogP) is 3.44. The Kier molecular flexibility index (Phi) is 3.85. The van der Waals surface area contributed by atoms with Crippen LogP contribution in [0, 0.1) is 0 Å². The molecule has 0 unspecified atom stereocenters. The normalized spacial score (nSPS) is 12.3. The van der Waals surface area contributed by atoms with E-state index in [-0.39, 0.29) is 0 Å². The van der Waals surface area contributed by atoms with Crippen LogP contribution in [0.2, 0.25) is 0 Å². The Balaban J connectivity index is 2.52. The number of hydrogen-bond donors (Lipinski definition) is 1. The van der Waals surface area contributed by atoms with Crippen molar-refractivity contribution in [3.05, 3.63) is 35.5 Å². The van der Waals surface area contributed by atoms with Crippen molar-refractivity contribution in [1.82, 2.24) is 9.88 Å². The minimum atomic E-state index is -4.29. The first-order valence-corrected chi connectivity index (χ1v) is 6.31. The summed E-state index contributed by atoms with van der Waals surface area (Å²) in [6.45, 7) is 3.43. The molecule has 104 valence electrons. The number of likely N-dealkylation sites (N-methyl/N-ethyl adjacent to an activating group) is 1. The number of rotatable bonds is 4. The average Bonchev–Trinajstić information content (AvgIpc) is 2.71. The number of fused-ring (bicyclic) bond motifs is 1. The maximum atomic E-state index is 12.7. The van der Waals surface area contributed by atoms with E-state index in [0.717, 1.165) is 30.1 Å². The highest BCUT2D eigenvalue weighted by atomic mass is 19.4. The zero-order valence-electron chi connectivity index (χ0n) is 11.0. The number of halogens is 3. The summed E-state index contributed by atoms with van der Waals surface area (Å²) in [4.78, 5) is 0. The van der Waals surface area contributed by atoms with Crippen LogP contribution < -0.4 is 5.32 Å². The summed E-state index contributed by atoms with van der Waals surface area (Å²) in [5.41, 5.74) is 1.13. The van der Waals surface area contributed by atoms with Crippen LogP contribution in [0.4, 0.5) is 13.2 Å². The summed E-state index contributed by atoms with van der Waals surface area (Å²) in [6.07, 6.45) is -3.48. The molecule has 5 heteroatoms. The standard InChI is InChI=1S/C14H17F3N2/c1-3-19-12(6-7-18-2)8-10-4-5-11(9-13(10)19)14(15,16)17/h4-5,8-9,18H,3,6-7H2,1-2H3. The van der Waals surface area contributed by atoms with Gasteiger partial charge >= 0.3 is 6.18 Å². The van der Waals surface area contributed by atoms with Gasteiger partial charge in [0.2, 0.25) is 0 Å². The van der Waals surface area contributed by atoms with Crippen LogP contribution in [0.1, 0.15) is 18.2 Å². The number of nitrogens with one attached hydrogen (secondary N) is 1. The fraction of sp³-hybridized carbons (Fsp3) is 0.429. The second-order valence-corrected chi connectivity index (χ2v) is 4.50. The molecular weight excluding hydrogens is 253 g/mol. The molecule has 2 nitrogen and oxygen atoms in total. The van der Waals surface area contributed by atoms with Gasteiger partial charge in [-0.1, -0.05) is 6.07 Å². The van der Waals surface area contributed by atoms with Crippen molar-refractivity contribution in [3.63, 3.8) is 0 Å². The Bertz CT molecular complexity index is 570. The topological polar surface area (TPSA) is 17.0 Å². The average molecular weight is 270 g/mol. The fourth-order valence-corrected chi connectivity index (χ4v) is 2.32. The minimum absolute atomic E-state index is 0.590. The van der Waals surface area contributed by atoms with Crippen LogP contribution in [-0.4, -0.2) is 18.2 Å². The number of alkyl halides is 3. The van der Waals surface area contributed by atoms with E-state index in [1.165, 1.54) is 6.07 Å². The largest absolute Gasteiger partial charge is 0.416 e. The van der Waals surface area contributed by atoms with Crippen LogP contribution in [0.15, 0.2) is 24.3 Å². The molecule has 0 saturated heterocycles. The summed E-state index contributed by atoms with van der Waals surface area (Å²) in [6, 6.07) is 5.90. The van der Waals surface area contributed by atoms with Gasteiger partial charge in [0.05, 0.1) is 5.56 Å². The van der Waals surface area contributed by atoms with Crippen molar-refractivity contribution in [3.8, 4) is 0 Å². The third-order valence-corrected chi connectivity index (χ3v) is 3.26. The lowest BCUT2D eigenvalue weighted by Crippen LogP contribution is -2.13. The van der Waals surface area contributed by atoms with Crippen molar-refractivity contribution in [1.29, 1.82) is 0 Å². The van der Waals surface area contributed by atoms with Crippen molar-refractivity contribution < 1.29 is 13.2 Å². The Morgan fingerprint density at radius 3 is 2.53 bits per heavy atom. The minimum Gasteiger partial charge on any atom is -0.345 e. The third-order valence-electron chi connectivity index (χ3n) is 3.26. The van der Waals surface area contributed by atoms with Gasteiger partial charge in [-0.15, -0.1) is 0 Å². The van der Waals surface area contributed by atoms with Crippen molar-refractivity contribution in [2.24, 2.45) is 0 Å². The van der Waals surface area contributed by atoms with Crippen LogP contribution in [0.3, 0.4) is 0 Å². The van der Waals surface area contributed by atoms with Crippen molar-refractivity contribution >= 4 is 10.9 Å². The SMILES string of the molecule is CCn1c(CCNC)cc2ccc(C(F)(F)F)cc21. The molecule has 1 heterocycles. The molecule has 19 heavy (non-hydrogen) atoms. The highest BCUT2D eigenvalue weighted by molar-refractivity contribution is 5.82. The molecule has 0 aliphatic carbocycles. The van der Waals surface area contributed by atoms with Gasteiger partial charge in [0.15, 0.2) is 0 Å². The molecular formula is C14H17F3N2. The van der Waals surface area contributed by atoms with E-state index in [0.29, 0.717) is 12.1 Å². The van der Waals surface area contributed by atoms with Gasteiger partial charge in [0, 0.05) is 30.7 Å². The zero-order chi connectivity index (χ0) is 14.0. The Labute approximate surface area is 110 Å². The van der Waals surface area contributed by atoms with E-state index in [2.05, 4.69) is 5.32 Å². The zero-order valence-corrected chi connectivity index (χ0v) is 11.0. The van der Waals surface area contributed by atoms with Crippen LogP contribution in [0.5, 0.6) is 0 Å². The van der Waals surface area contributed by atoms with E-state index in [4.69, 9.17) is 0 Å². The third kappa shape index (κ3) is 2.76. The molecule has 1 N–H and O–H groups in total. The lowest BCUT2D eigenvalue weighted by atomic mass is 10.1. The van der Waals surface area contributed by atoms with Crippen LogP contribution in [-0.2, 0) is 19.1 Å². The molecule has 0 spiro atoms. The number of aryl methyl sites for hydroxylation is 1. The van der Waals surface area contributed by atoms with Gasteiger partial charge in [0.1, 0.15) is 0 Å². The maximum Gasteiger partial charge on any atom is 0.416 e. The molecule has 0 bridgehead atoms. The number of nitrogens with zero attached hydrogens (tertiary/aromatic N) is 1. The van der Waals surface area contributed by atoms with Gasteiger partial charge in [0.25, 0.3) is 0 Å². The lowest BCUT2D eigenvalue weighted by molar-refractivity contribution is -0.137. The van der Waals surface area contributed by atoms with E-state index < -0.39 is 11.7 Å². The molecule has 0 atom stereocenters. The Morgan fingerprint density at radius 1 is 1.21 bits per heavy atom. The van der Waals surface area contributed by atoms with Crippen LogP contribution >= 0.6 is 0 Å². The summed E-state index contributed by atoms with van der Waals surface area (Å²) in [5.74, 6) is 0. The maximum absolute atomic E-state index is 12.7. The molecule has 0 aliphatic heterocycles. The molecule has 1 aromatic heterocycles. The first-order valence-electron chi connectivity index (χ1n) is 6.31. The smallest absolute Gasteiger partial charge is 0.345 e. The molecule has 0 aliphatic rings. The monoisotopic (exact) mass is 270 g/mol. The van der Waals surface area contributed by atoms with Gasteiger partial charge in [-0.3, -0.25) is 0 Å². The van der Waals surface area contributed by atoms with Gasteiger partial charge in [-0.2, -0.15) is 13.2 Å². The first kappa shape index (κ1) is 13.9. The Hall–Kier alpha value is -1.49. The predicted molar refractivity (Wildman–Crippen MR) is 70.2 cm³/mol. The highest BCUT2D eigenvalue weighted by Gasteiger charge is 2.30. The molecule has 0 saturated carbocycles. The Morgan fingerprint density at radius 2 is 1.95 bits per heavy atom. The number of benzene rings is 1. The fourth-order valence-electron chi connectivity index (χ4n) is 2.32. The van der Waals surface area contributed by atoms with Crippen LogP contribution in [0.25, 0.3) is 10.9 Å². The van der Waals surface area contributed by atoms with E-state index in [1.54, 1.807) is 6.07 Å². The molecule has 0 amide bonds. The summed E-state index contributed by atoms with van der Waals surface area (Å²) in [7, 11) is 1.86. The number of hydrogen-bond acceptors (Lipinski definition) is 1. The van der Waals surface area contributed by atoms with Crippen molar-refractivity contribution in [2.45, 2.75) is 26.1 Å². The summed E-state index contributed by atoms with van der Waals surface area (Å²) >= 11 is 0. The van der Waals surface area contributed by atoms with Gasteiger partial charge < -0.3 is 9.88 Å². The first-order chi connectivity index (χ1) is 8.97. The van der Waals surface area contributed by atoms with E-state index >= 15 is 0 Å².